The second kappa shape index (κ2) is 10.8. The van der Waals surface area contributed by atoms with Crippen molar-refractivity contribution in [1.29, 1.82) is 0 Å². The van der Waals surface area contributed by atoms with Crippen LogP contribution in [0.2, 0.25) is 0 Å². The summed E-state index contributed by atoms with van der Waals surface area (Å²) in [5.74, 6) is 0.666. The first-order valence-electron chi connectivity index (χ1n) is 9.38. The molecular formula is C20H34N3O3+. The summed E-state index contributed by atoms with van der Waals surface area (Å²) in [5, 5.41) is 2.85. The Hall–Kier alpha value is -2.08. The summed E-state index contributed by atoms with van der Waals surface area (Å²) < 4.78 is 5.16. The van der Waals surface area contributed by atoms with Gasteiger partial charge >= 0.3 is 0 Å². The van der Waals surface area contributed by atoms with Crippen LogP contribution in [0.4, 0.5) is 5.69 Å². The average molecular weight is 365 g/mol. The molecule has 0 heterocycles. The van der Waals surface area contributed by atoms with Gasteiger partial charge in [0.25, 0.3) is 11.8 Å². The summed E-state index contributed by atoms with van der Waals surface area (Å²) in [6, 6.07) is 7.64. The van der Waals surface area contributed by atoms with Crippen LogP contribution in [-0.2, 0) is 9.59 Å². The molecule has 0 saturated carbocycles. The summed E-state index contributed by atoms with van der Waals surface area (Å²) in [4.78, 5) is 27.8. The van der Waals surface area contributed by atoms with Gasteiger partial charge in [0.2, 0.25) is 0 Å². The lowest BCUT2D eigenvalue weighted by Gasteiger charge is -2.34. The number of quaternary nitrogens is 1. The van der Waals surface area contributed by atoms with Crippen molar-refractivity contribution in [3.8, 4) is 5.75 Å². The maximum Gasteiger partial charge on any atom is 0.279 e. The molecule has 0 aliphatic heterocycles. The highest BCUT2D eigenvalue weighted by atomic mass is 16.5. The van der Waals surface area contributed by atoms with Crippen LogP contribution in [0.3, 0.4) is 0 Å². The van der Waals surface area contributed by atoms with Crippen LogP contribution in [0.25, 0.3) is 0 Å². The summed E-state index contributed by atoms with van der Waals surface area (Å²) in [6.45, 7) is 8.87. The van der Waals surface area contributed by atoms with Crippen molar-refractivity contribution in [2.45, 2.75) is 52.6 Å². The highest BCUT2D eigenvalue weighted by Gasteiger charge is 2.26. The molecule has 1 rings (SSSR count). The third-order valence-corrected chi connectivity index (χ3v) is 4.69. The molecule has 1 aromatic carbocycles. The fourth-order valence-corrected chi connectivity index (χ4v) is 2.91. The number of amides is 2. The monoisotopic (exact) mass is 364 g/mol. The average Bonchev–Trinajstić information content (AvgIpc) is 2.61. The SMILES string of the molecule is CC[C@H](C)N(C(=O)C[NH+](C)CC(=O)Nc1cccc(OC)c1)[C@@H](C)CC. The maximum atomic E-state index is 12.7. The van der Waals surface area contributed by atoms with Gasteiger partial charge in [0.15, 0.2) is 13.1 Å². The van der Waals surface area contributed by atoms with Gasteiger partial charge in [-0.2, -0.15) is 0 Å². The molecule has 1 aromatic rings. The standard InChI is InChI=1S/C20H33N3O3/c1-7-15(3)23(16(4)8-2)20(25)14-22(5)13-19(24)21-17-10-9-11-18(12-17)26-6/h9-12,15-16H,7-8,13-14H2,1-6H3,(H,21,24)/p+1/t15-,16-/m0/s1. The molecule has 2 amide bonds. The molecule has 0 radical (unpaired) electrons. The molecule has 26 heavy (non-hydrogen) atoms. The minimum absolute atomic E-state index is 0.0976. The van der Waals surface area contributed by atoms with Crippen LogP contribution in [0, 0.1) is 0 Å². The Balaban J connectivity index is 2.61. The molecule has 0 bridgehead atoms. The normalized spacial score (nSPS) is 14.2. The first-order valence-corrected chi connectivity index (χ1v) is 9.38. The Morgan fingerprint density at radius 2 is 1.77 bits per heavy atom. The van der Waals surface area contributed by atoms with E-state index >= 15 is 0 Å². The van der Waals surface area contributed by atoms with Crippen molar-refractivity contribution in [1.82, 2.24) is 4.90 Å². The number of rotatable bonds is 10. The second-order valence-electron chi connectivity index (χ2n) is 6.91. The van der Waals surface area contributed by atoms with Gasteiger partial charge in [0.1, 0.15) is 5.75 Å². The molecule has 3 atom stereocenters. The second-order valence-corrected chi connectivity index (χ2v) is 6.91. The van der Waals surface area contributed by atoms with Crippen LogP contribution in [0.5, 0.6) is 5.75 Å². The first-order chi connectivity index (χ1) is 12.3. The van der Waals surface area contributed by atoms with E-state index in [1.807, 2.05) is 30.1 Å². The van der Waals surface area contributed by atoms with E-state index in [0.717, 1.165) is 17.7 Å². The van der Waals surface area contributed by atoms with Crippen molar-refractivity contribution in [3.05, 3.63) is 24.3 Å². The van der Waals surface area contributed by atoms with Gasteiger partial charge in [-0.3, -0.25) is 9.59 Å². The highest BCUT2D eigenvalue weighted by molar-refractivity contribution is 5.91. The molecule has 6 heteroatoms. The minimum Gasteiger partial charge on any atom is -0.497 e. The van der Waals surface area contributed by atoms with E-state index in [1.54, 1.807) is 13.2 Å². The summed E-state index contributed by atoms with van der Waals surface area (Å²) in [7, 11) is 3.46. The number of benzene rings is 1. The molecule has 146 valence electrons. The number of nitrogens with zero attached hydrogens (tertiary/aromatic N) is 1. The fourth-order valence-electron chi connectivity index (χ4n) is 2.91. The Labute approximate surface area is 157 Å². The fraction of sp³-hybridized carbons (Fsp3) is 0.600. The van der Waals surface area contributed by atoms with E-state index in [2.05, 4.69) is 33.0 Å². The number of likely N-dealkylation sites (N-methyl/N-ethyl adjacent to an activating group) is 1. The minimum atomic E-state index is -0.123. The number of carbonyl (C=O) groups excluding carboxylic acids is 2. The molecule has 0 aliphatic rings. The largest absolute Gasteiger partial charge is 0.497 e. The lowest BCUT2D eigenvalue weighted by Crippen LogP contribution is -3.11. The van der Waals surface area contributed by atoms with Crippen LogP contribution in [0.15, 0.2) is 24.3 Å². The molecule has 6 nitrogen and oxygen atoms in total. The van der Waals surface area contributed by atoms with Crippen molar-refractivity contribution in [2.24, 2.45) is 0 Å². The number of ether oxygens (including phenoxy) is 1. The van der Waals surface area contributed by atoms with E-state index in [4.69, 9.17) is 4.74 Å². The van der Waals surface area contributed by atoms with Crippen molar-refractivity contribution < 1.29 is 19.2 Å². The van der Waals surface area contributed by atoms with Gasteiger partial charge in [0, 0.05) is 23.8 Å². The maximum absolute atomic E-state index is 12.7. The topological polar surface area (TPSA) is 63.1 Å². The number of hydrogen-bond acceptors (Lipinski definition) is 3. The van der Waals surface area contributed by atoms with E-state index < -0.39 is 0 Å². The third-order valence-electron chi connectivity index (χ3n) is 4.69. The van der Waals surface area contributed by atoms with Crippen LogP contribution in [0.1, 0.15) is 40.5 Å². The van der Waals surface area contributed by atoms with Gasteiger partial charge < -0.3 is 19.9 Å². The Morgan fingerprint density at radius 1 is 1.15 bits per heavy atom. The van der Waals surface area contributed by atoms with Gasteiger partial charge in [0.05, 0.1) is 14.2 Å². The zero-order valence-corrected chi connectivity index (χ0v) is 17.0. The van der Waals surface area contributed by atoms with Gasteiger partial charge in [-0.15, -0.1) is 0 Å². The van der Waals surface area contributed by atoms with Gasteiger partial charge in [-0.1, -0.05) is 19.9 Å². The van der Waals surface area contributed by atoms with E-state index in [-0.39, 0.29) is 30.4 Å². The number of nitrogens with one attached hydrogen (secondary N) is 2. The number of carbonyl (C=O) groups is 2. The number of anilines is 1. The third kappa shape index (κ3) is 6.67. The highest BCUT2D eigenvalue weighted by Crippen LogP contribution is 2.16. The molecule has 0 spiro atoms. The predicted molar refractivity (Wildman–Crippen MR) is 105 cm³/mol. The molecule has 2 N–H and O–H groups in total. The smallest absolute Gasteiger partial charge is 0.279 e. The molecule has 0 fully saturated rings. The Morgan fingerprint density at radius 3 is 2.31 bits per heavy atom. The van der Waals surface area contributed by atoms with Gasteiger partial charge in [-0.25, -0.2) is 0 Å². The first kappa shape index (κ1) is 22.0. The zero-order chi connectivity index (χ0) is 19.7. The lowest BCUT2D eigenvalue weighted by atomic mass is 10.1. The molecule has 1 unspecified atom stereocenters. The summed E-state index contributed by atoms with van der Waals surface area (Å²) in [6.07, 6.45) is 1.84. The molecular weight excluding hydrogens is 330 g/mol. The number of methoxy groups -OCH3 is 1. The van der Waals surface area contributed by atoms with E-state index in [0.29, 0.717) is 18.0 Å². The Kier molecular flexibility index (Phi) is 9.13. The Bertz CT molecular complexity index is 581. The van der Waals surface area contributed by atoms with Gasteiger partial charge in [-0.05, 0) is 38.8 Å². The van der Waals surface area contributed by atoms with E-state index in [9.17, 15) is 9.59 Å². The summed E-state index contributed by atoms with van der Waals surface area (Å²) >= 11 is 0. The van der Waals surface area contributed by atoms with E-state index in [1.165, 1.54) is 0 Å². The van der Waals surface area contributed by atoms with Crippen LogP contribution in [-0.4, -0.2) is 56.0 Å². The lowest BCUT2D eigenvalue weighted by molar-refractivity contribution is -0.862. The summed E-state index contributed by atoms with van der Waals surface area (Å²) in [5.41, 5.74) is 0.689. The predicted octanol–water partition coefficient (Wildman–Crippen LogP) is 1.57. The van der Waals surface area contributed by atoms with Crippen LogP contribution < -0.4 is 15.0 Å². The quantitative estimate of drug-likeness (QED) is 0.662. The van der Waals surface area contributed by atoms with Crippen molar-refractivity contribution in [3.63, 3.8) is 0 Å². The van der Waals surface area contributed by atoms with Crippen molar-refractivity contribution in [2.75, 3.05) is 32.6 Å². The zero-order valence-electron chi connectivity index (χ0n) is 17.0. The number of hydrogen-bond donors (Lipinski definition) is 2. The van der Waals surface area contributed by atoms with Crippen LogP contribution >= 0.6 is 0 Å². The van der Waals surface area contributed by atoms with Crippen molar-refractivity contribution >= 4 is 17.5 Å². The molecule has 0 aliphatic carbocycles. The molecule has 0 saturated heterocycles. The molecule has 0 aromatic heterocycles.